The van der Waals surface area contributed by atoms with Gasteiger partial charge in [0.1, 0.15) is 0 Å². The summed E-state index contributed by atoms with van der Waals surface area (Å²) >= 11 is 0. The van der Waals surface area contributed by atoms with E-state index >= 15 is 0 Å². The Balaban J connectivity index is 1.27. The molecule has 1 aromatic rings. The van der Waals surface area contributed by atoms with E-state index in [-0.39, 0.29) is 25.0 Å². The Bertz CT molecular complexity index is 578. The summed E-state index contributed by atoms with van der Waals surface area (Å²) in [6.45, 7) is 1.74. The lowest BCUT2D eigenvalue weighted by Crippen LogP contribution is -2.49. The second-order valence-electron chi connectivity index (χ2n) is 7.67. The van der Waals surface area contributed by atoms with Crippen LogP contribution in [-0.2, 0) is 17.6 Å². The van der Waals surface area contributed by atoms with Gasteiger partial charge in [0, 0.05) is 38.5 Å². The van der Waals surface area contributed by atoms with Gasteiger partial charge in [-0.3, -0.25) is 0 Å². The van der Waals surface area contributed by atoms with Crippen molar-refractivity contribution in [2.45, 2.75) is 55.9 Å². The molecule has 3 aliphatic rings. The van der Waals surface area contributed by atoms with Crippen LogP contribution in [0.4, 0.5) is 8.78 Å². The minimum absolute atomic E-state index is 0.0875. The van der Waals surface area contributed by atoms with Crippen molar-refractivity contribution in [3.05, 3.63) is 35.4 Å². The van der Waals surface area contributed by atoms with E-state index in [0.717, 1.165) is 12.8 Å². The average molecular weight is 352 g/mol. The topological polar surface area (TPSA) is 44.7 Å². The number of aliphatic hydroxyl groups is 1. The summed E-state index contributed by atoms with van der Waals surface area (Å²) < 4.78 is 32.3. The summed E-state index contributed by atoms with van der Waals surface area (Å²) in [5.74, 6) is -2.53. The first-order chi connectivity index (χ1) is 12.0. The van der Waals surface area contributed by atoms with Gasteiger partial charge in [-0.25, -0.2) is 8.78 Å². The van der Waals surface area contributed by atoms with Gasteiger partial charge in [-0.15, -0.1) is 0 Å². The van der Waals surface area contributed by atoms with Crippen LogP contribution in [0.5, 0.6) is 0 Å². The third-order valence-corrected chi connectivity index (χ3v) is 5.81. The molecule has 0 unspecified atom stereocenters. The van der Waals surface area contributed by atoms with Crippen LogP contribution in [0.25, 0.3) is 0 Å². The normalized spacial score (nSPS) is 32.8. The van der Waals surface area contributed by atoms with Gasteiger partial charge in [0.25, 0.3) is 5.92 Å². The molecule has 3 atom stereocenters. The summed E-state index contributed by atoms with van der Waals surface area (Å²) in [7, 11) is 0. The average Bonchev–Trinajstić information content (AvgIpc) is 3.14. The molecule has 2 heterocycles. The monoisotopic (exact) mass is 352 g/mol. The molecule has 0 bridgehead atoms. The molecular weight excluding hydrogens is 326 g/mol. The lowest BCUT2D eigenvalue weighted by Gasteiger charge is -2.33. The van der Waals surface area contributed by atoms with E-state index in [4.69, 9.17) is 4.74 Å². The van der Waals surface area contributed by atoms with E-state index in [1.54, 1.807) is 0 Å². The van der Waals surface area contributed by atoms with Gasteiger partial charge in [-0.1, -0.05) is 24.3 Å². The third kappa shape index (κ3) is 3.87. The zero-order valence-corrected chi connectivity index (χ0v) is 14.3. The van der Waals surface area contributed by atoms with Crippen molar-refractivity contribution in [2.75, 3.05) is 26.2 Å². The molecule has 0 aromatic heterocycles. The molecule has 0 radical (unpaired) electrons. The summed E-state index contributed by atoms with van der Waals surface area (Å²) in [6, 6.07) is 8.68. The number of nitrogens with zero attached hydrogens (tertiary/aromatic N) is 1. The second kappa shape index (κ2) is 6.91. The van der Waals surface area contributed by atoms with Gasteiger partial charge in [-0.2, -0.15) is 0 Å². The number of ether oxygens (including phenoxy) is 1. The van der Waals surface area contributed by atoms with E-state index in [0.29, 0.717) is 32.3 Å². The van der Waals surface area contributed by atoms with E-state index < -0.39 is 12.0 Å². The Labute approximate surface area is 147 Å². The first-order valence-corrected chi connectivity index (χ1v) is 9.23. The summed E-state index contributed by atoms with van der Waals surface area (Å²) in [4.78, 5) is 1.99. The Hall–Kier alpha value is -1.08. The molecule has 1 aromatic carbocycles. The maximum Gasteiger partial charge on any atom is 0.250 e. The van der Waals surface area contributed by atoms with E-state index in [1.807, 2.05) is 4.90 Å². The number of benzene rings is 1. The minimum atomic E-state index is -2.53. The largest absolute Gasteiger partial charge is 0.389 e. The van der Waals surface area contributed by atoms with Crippen molar-refractivity contribution in [2.24, 2.45) is 0 Å². The summed E-state index contributed by atoms with van der Waals surface area (Å²) in [5, 5.41) is 14.1. The van der Waals surface area contributed by atoms with Gasteiger partial charge in [0.05, 0.1) is 24.9 Å². The predicted molar refractivity (Wildman–Crippen MR) is 90.9 cm³/mol. The first kappa shape index (κ1) is 17.3. The molecule has 4 rings (SSSR count). The van der Waals surface area contributed by atoms with Crippen LogP contribution < -0.4 is 5.32 Å². The van der Waals surface area contributed by atoms with E-state index in [2.05, 4.69) is 29.6 Å². The fourth-order valence-electron chi connectivity index (χ4n) is 4.29. The number of hydrogen-bond acceptors (Lipinski definition) is 4. The van der Waals surface area contributed by atoms with Crippen LogP contribution in [0.15, 0.2) is 24.3 Å². The summed E-state index contributed by atoms with van der Waals surface area (Å²) in [5.41, 5.74) is 2.75. The Morgan fingerprint density at radius 1 is 1.16 bits per heavy atom. The van der Waals surface area contributed by atoms with E-state index in [9.17, 15) is 13.9 Å². The molecule has 25 heavy (non-hydrogen) atoms. The first-order valence-electron chi connectivity index (χ1n) is 9.23. The van der Waals surface area contributed by atoms with Crippen LogP contribution in [0, 0.1) is 0 Å². The molecule has 4 nitrogen and oxygen atoms in total. The summed E-state index contributed by atoms with van der Waals surface area (Å²) in [6.07, 6.45) is 0.866. The molecule has 2 aliphatic heterocycles. The molecule has 2 saturated heterocycles. The van der Waals surface area contributed by atoms with Crippen molar-refractivity contribution >= 4 is 0 Å². The molecule has 2 N–H and O–H groups in total. The lowest BCUT2D eigenvalue weighted by molar-refractivity contribution is -0.0674. The van der Waals surface area contributed by atoms with Gasteiger partial charge in [0.2, 0.25) is 0 Å². The van der Waals surface area contributed by atoms with Crippen molar-refractivity contribution in [1.29, 1.82) is 0 Å². The van der Waals surface area contributed by atoms with E-state index in [1.165, 1.54) is 11.1 Å². The maximum absolute atomic E-state index is 13.3. The molecule has 0 saturated carbocycles. The van der Waals surface area contributed by atoms with Crippen LogP contribution in [-0.4, -0.2) is 66.5 Å². The third-order valence-electron chi connectivity index (χ3n) is 5.81. The number of likely N-dealkylation sites (tertiary alicyclic amines) is 1. The maximum atomic E-state index is 13.3. The molecule has 138 valence electrons. The van der Waals surface area contributed by atoms with Crippen molar-refractivity contribution in [3.8, 4) is 0 Å². The highest BCUT2D eigenvalue weighted by Gasteiger charge is 2.40. The SMILES string of the molecule is O[C@@H]1[C@@H](NC2Cc3ccccc3C2)CO[C@H]1CN1CCC(F)(F)CC1. The second-order valence-corrected chi connectivity index (χ2v) is 7.67. The highest BCUT2D eigenvalue weighted by atomic mass is 19.3. The van der Waals surface area contributed by atoms with Gasteiger partial charge in [0.15, 0.2) is 0 Å². The van der Waals surface area contributed by atoms with Crippen LogP contribution >= 0.6 is 0 Å². The van der Waals surface area contributed by atoms with Gasteiger partial charge >= 0.3 is 0 Å². The zero-order chi connectivity index (χ0) is 17.4. The number of hydrogen-bond donors (Lipinski definition) is 2. The Morgan fingerprint density at radius 2 is 1.80 bits per heavy atom. The zero-order valence-electron chi connectivity index (χ0n) is 14.3. The minimum Gasteiger partial charge on any atom is -0.389 e. The Morgan fingerprint density at radius 3 is 2.44 bits per heavy atom. The van der Waals surface area contributed by atoms with Gasteiger partial charge in [-0.05, 0) is 24.0 Å². The van der Waals surface area contributed by atoms with Gasteiger partial charge < -0.3 is 20.1 Å². The number of fused-ring (bicyclic) bond motifs is 1. The van der Waals surface area contributed by atoms with Crippen molar-refractivity contribution in [1.82, 2.24) is 10.2 Å². The Kier molecular flexibility index (Phi) is 4.79. The number of alkyl halides is 2. The molecule has 6 heteroatoms. The predicted octanol–water partition coefficient (Wildman–Crippen LogP) is 1.60. The quantitative estimate of drug-likeness (QED) is 0.864. The van der Waals surface area contributed by atoms with Crippen molar-refractivity contribution in [3.63, 3.8) is 0 Å². The standard InChI is InChI=1S/C19H26F2N2O2/c20-19(21)5-7-23(8-6-19)11-17-18(24)16(12-25-17)22-15-9-13-3-1-2-4-14(13)10-15/h1-4,15-18,22,24H,5-12H2/t16-,17-,18+/m0/s1. The number of rotatable bonds is 4. The van der Waals surface area contributed by atoms with Crippen LogP contribution in [0.2, 0.25) is 0 Å². The van der Waals surface area contributed by atoms with Crippen molar-refractivity contribution < 1.29 is 18.6 Å². The van der Waals surface area contributed by atoms with Crippen LogP contribution in [0.1, 0.15) is 24.0 Å². The van der Waals surface area contributed by atoms with Crippen LogP contribution in [0.3, 0.4) is 0 Å². The fraction of sp³-hybridized carbons (Fsp3) is 0.684. The highest BCUT2D eigenvalue weighted by Crippen LogP contribution is 2.29. The number of nitrogens with one attached hydrogen (secondary N) is 1. The molecule has 2 fully saturated rings. The number of halogens is 2. The fourth-order valence-corrected chi connectivity index (χ4v) is 4.29. The molecule has 1 aliphatic carbocycles. The molecular formula is C19H26F2N2O2. The molecule has 0 amide bonds. The lowest BCUT2D eigenvalue weighted by atomic mass is 10.0. The smallest absolute Gasteiger partial charge is 0.250 e. The number of piperidine rings is 1. The highest BCUT2D eigenvalue weighted by molar-refractivity contribution is 5.33. The number of aliphatic hydroxyl groups excluding tert-OH is 1. The molecule has 0 spiro atoms.